The van der Waals surface area contributed by atoms with E-state index in [9.17, 15) is 20.1 Å². The van der Waals surface area contributed by atoms with Crippen molar-refractivity contribution in [2.45, 2.75) is 82.0 Å². The van der Waals surface area contributed by atoms with Crippen LogP contribution in [0.2, 0.25) is 0 Å². The molecule has 0 aromatic rings. The zero-order valence-corrected chi connectivity index (χ0v) is 18.8. The summed E-state index contributed by atoms with van der Waals surface area (Å²) in [6.07, 6.45) is 8.80. The van der Waals surface area contributed by atoms with E-state index in [1.54, 1.807) is 6.08 Å². The zero-order chi connectivity index (χ0) is 22.8. The molecule has 7 heteroatoms. The number of nitrogens with zero attached hydrogens (tertiary/aromatic N) is 2. The van der Waals surface area contributed by atoms with Crippen LogP contribution in [0.1, 0.15) is 64.7 Å². The van der Waals surface area contributed by atoms with Crippen LogP contribution >= 0.6 is 0 Å². The van der Waals surface area contributed by atoms with E-state index in [0.717, 1.165) is 24.8 Å². The monoisotopic (exact) mass is 442 g/mol. The first kappa shape index (κ1) is 22.1. The number of ether oxygens (including phenoxy) is 1. The van der Waals surface area contributed by atoms with Crippen molar-refractivity contribution >= 4 is 12.2 Å². The second-order valence-corrected chi connectivity index (χ2v) is 11.1. The third-order valence-electron chi connectivity index (χ3n) is 10.1. The van der Waals surface area contributed by atoms with E-state index < -0.39 is 22.7 Å². The van der Waals surface area contributed by atoms with Crippen LogP contribution in [-0.2, 0) is 9.53 Å². The Bertz CT molecular complexity index is 910. The molecule has 0 saturated heterocycles. The fourth-order valence-corrected chi connectivity index (χ4v) is 8.61. The predicted molar refractivity (Wildman–Crippen MR) is 116 cm³/mol. The van der Waals surface area contributed by atoms with Gasteiger partial charge in [-0.25, -0.2) is 4.79 Å². The number of carbonyl (C=O) groups is 1. The predicted octanol–water partition coefficient (Wildman–Crippen LogP) is 2.29. The Morgan fingerprint density at radius 2 is 1.97 bits per heavy atom. The molecule has 4 fully saturated rings. The second kappa shape index (κ2) is 7.38. The molecule has 0 amide bonds. The van der Waals surface area contributed by atoms with E-state index in [2.05, 4.69) is 18.0 Å². The molecule has 0 unspecified atom stereocenters. The zero-order valence-electron chi connectivity index (χ0n) is 18.8. The lowest BCUT2D eigenvalue weighted by atomic mass is 9.41. The summed E-state index contributed by atoms with van der Waals surface area (Å²) in [5, 5.41) is 43.5. The van der Waals surface area contributed by atoms with Gasteiger partial charge in [-0.3, -0.25) is 4.99 Å². The van der Waals surface area contributed by atoms with Gasteiger partial charge in [0.05, 0.1) is 23.4 Å². The molecule has 8 atom stereocenters. The molecule has 0 aromatic heterocycles. The number of hydrogen-bond acceptors (Lipinski definition) is 7. The van der Waals surface area contributed by atoms with Crippen LogP contribution in [0.25, 0.3) is 0 Å². The first-order valence-electron chi connectivity index (χ1n) is 12.1. The molecule has 0 spiro atoms. The third-order valence-corrected chi connectivity index (χ3v) is 10.1. The molecule has 0 radical (unpaired) electrons. The molecule has 3 N–H and O–H groups in total. The lowest BCUT2D eigenvalue weighted by Crippen LogP contribution is -2.68. The van der Waals surface area contributed by atoms with Gasteiger partial charge in [-0.15, -0.1) is 0 Å². The standard InChI is InChI=1S/C25H34N2O5/c1-22-6-3-19-20(25(22,31)9-5-18(22)16-12-21(29)32-14-16)4-8-24(30)13-17(28)2-7-23(19,24)15-27-11-10-26/h12,15,17-20,28,30-31H,2-9,11,13-14H2,1H3/t17-,18+,19-,20+,22+,23-,24-,25-/m0/s1. The number of fused-ring (bicyclic) bond motifs is 5. The topological polar surface area (TPSA) is 123 Å². The highest BCUT2D eigenvalue weighted by molar-refractivity contribution is 5.85. The summed E-state index contributed by atoms with van der Waals surface area (Å²) in [4.78, 5) is 16.1. The van der Waals surface area contributed by atoms with Crippen molar-refractivity contribution in [3.05, 3.63) is 11.6 Å². The number of aliphatic hydroxyl groups excluding tert-OH is 1. The van der Waals surface area contributed by atoms with Crippen LogP contribution in [-0.4, -0.2) is 58.0 Å². The summed E-state index contributed by atoms with van der Waals surface area (Å²) in [7, 11) is 0. The van der Waals surface area contributed by atoms with Crippen molar-refractivity contribution in [1.82, 2.24) is 0 Å². The highest BCUT2D eigenvalue weighted by Crippen LogP contribution is 2.70. The Kier molecular flexibility index (Phi) is 5.09. The number of rotatable bonds is 3. The lowest BCUT2D eigenvalue weighted by molar-refractivity contribution is -0.237. The number of aliphatic imine (C=N–C) groups is 1. The van der Waals surface area contributed by atoms with Crippen molar-refractivity contribution in [2.75, 3.05) is 13.2 Å². The fourth-order valence-electron chi connectivity index (χ4n) is 8.61. The van der Waals surface area contributed by atoms with Crippen LogP contribution in [0.5, 0.6) is 0 Å². The largest absolute Gasteiger partial charge is 0.458 e. The van der Waals surface area contributed by atoms with E-state index in [1.165, 1.54) is 0 Å². The maximum atomic E-state index is 12.3. The van der Waals surface area contributed by atoms with Gasteiger partial charge in [-0.05, 0) is 74.7 Å². The third kappa shape index (κ3) is 2.82. The van der Waals surface area contributed by atoms with Crippen molar-refractivity contribution < 1.29 is 24.9 Å². The molecule has 7 nitrogen and oxygen atoms in total. The van der Waals surface area contributed by atoms with Gasteiger partial charge in [0.2, 0.25) is 0 Å². The molecule has 4 aliphatic carbocycles. The van der Waals surface area contributed by atoms with Gasteiger partial charge < -0.3 is 20.1 Å². The molecule has 5 aliphatic rings. The molecule has 174 valence electrons. The van der Waals surface area contributed by atoms with Crippen molar-refractivity contribution in [2.24, 2.45) is 33.6 Å². The number of cyclic esters (lactones) is 1. The molecule has 32 heavy (non-hydrogen) atoms. The molecular formula is C25H34N2O5. The van der Waals surface area contributed by atoms with E-state index >= 15 is 0 Å². The quantitative estimate of drug-likeness (QED) is 0.350. The highest BCUT2D eigenvalue weighted by atomic mass is 16.5. The summed E-state index contributed by atoms with van der Waals surface area (Å²) in [6.45, 7) is 2.54. The number of aliphatic hydroxyl groups is 3. The van der Waals surface area contributed by atoms with E-state index in [1.807, 2.05) is 6.21 Å². The fraction of sp³-hybridized carbons (Fsp3) is 0.800. The Morgan fingerprint density at radius 1 is 1.19 bits per heavy atom. The summed E-state index contributed by atoms with van der Waals surface area (Å²) in [5.41, 5.74) is -1.93. The Balaban J connectivity index is 1.53. The van der Waals surface area contributed by atoms with Gasteiger partial charge in [0.1, 0.15) is 13.2 Å². The SMILES string of the molecule is C[C@]12CC[C@H]3[C@@H](CC[C@]4(O)C[C@@H](O)CC[C@]34C=NCC#N)[C@@]1(O)CC[C@@H]2C1=CC(=O)OC1. The Morgan fingerprint density at radius 3 is 2.69 bits per heavy atom. The van der Waals surface area contributed by atoms with Crippen LogP contribution in [0.15, 0.2) is 16.6 Å². The summed E-state index contributed by atoms with van der Waals surface area (Å²) >= 11 is 0. The maximum absolute atomic E-state index is 12.3. The van der Waals surface area contributed by atoms with Crippen molar-refractivity contribution in [3.8, 4) is 6.07 Å². The first-order valence-corrected chi connectivity index (χ1v) is 12.1. The summed E-state index contributed by atoms with van der Waals surface area (Å²) in [5.74, 6) is -0.113. The Hall–Kier alpha value is -1.75. The van der Waals surface area contributed by atoms with Gasteiger partial charge in [-0.2, -0.15) is 5.26 Å². The van der Waals surface area contributed by atoms with Gasteiger partial charge in [-0.1, -0.05) is 6.92 Å². The highest BCUT2D eigenvalue weighted by Gasteiger charge is 2.71. The van der Waals surface area contributed by atoms with E-state index in [-0.39, 0.29) is 35.7 Å². The molecule has 1 aliphatic heterocycles. The van der Waals surface area contributed by atoms with Gasteiger partial charge in [0.25, 0.3) is 0 Å². The molecule has 5 rings (SSSR count). The number of hydrogen-bond donors (Lipinski definition) is 3. The molecule has 0 bridgehead atoms. The van der Waals surface area contributed by atoms with Crippen LogP contribution < -0.4 is 0 Å². The van der Waals surface area contributed by atoms with Crippen LogP contribution in [0, 0.1) is 39.9 Å². The normalized spacial score (nSPS) is 50.2. The van der Waals surface area contributed by atoms with E-state index in [4.69, 9.17) is 10.00 Å². The lowest BCUT2D eigenvalue weighted by Gasteiger charge is -2.65. The maximum Gasteiger partial charge on any atom is 0.331 e. The minimum atomic E-state index is -1.07. The summed E-state index contributed by atoms with van der Waals surface area (Å²) in [6, 6.07) is 2.06. The average molecular weight is 443 g/mol. The van der Waals surface area contributed by atoms with Gasteiger partial charge in [0.15, 0.2) is 0 Å². The molecular weight excluding hydrogens is 408 g/mol. The average Bonchev–Trinajstić information content (AvgIpc) is 3.28. The van der Waals surface area contributed by atoms with Gasteiger partial charge in [0, 0.05) is 29.5 Å². The second-order valence-electron chi connectivity index (χ2n) is 11.1. The number of carbonyl (C=O) groups excluding carboxylic acids is 1. The first-order chi connectivity index (χ1) is 15.2. The number of nitriles is 1. The minimum Gasteiger partial charge on any atom is -0.458 e. The minimum absolute atomic E-state index is 0.00827. The van der Waals surface area contributed by atoms with Crippen molar-refractivity contribution in [3.63, 3.8) is 0 Å². The Labute approximate surface area is 189 Å². The van der Waals surface area contributed by atoms with Crippen LogP contribution in [0.4, 0.5) is 0 Å². The molecule has 0 aromatic carbocycles. The van der Waals surface area contributed by atoms with E-state index in [0.29, 0.717) is 45.1 Å². The number of esters is 1. The van der Waals surface area contributed by atoms with Gasteiger partial charge >= 0.3 is 5.97 Å². The molecule has 4 saturated carbocycles. The van der Waals surface area contributed by atoms with Crippen LogP contribution in [0.3, 0.4) is 0 Å². The summed E-state index contributed by atoms with van der Waals surface area (Å²) < 4.78 is 5.19. The van der Waals surface area contributed by atoms with Crippen molar-refractivity contribution in [1.29, 1.82) is 5.26 Å². The molecule has 1 heterocycles. The smallest absolute Gasteiger partial charge is 0.331 e.